The van der Waals surface area contributed by atoms with E-state index in [0.717, 1.165) is 31.2 Å². The Kier molecular flexibility index (Phi) is 5.22. The molecule has 0 radical (unpaired) electrons. The molecule has 0 aromatic carbocycles. The highest BCUT2D eigenvalue weighted by atomic mass is 16.5. The Morgan fingerprint density at radius 1 is 1.47 bits per heavy atom. The third-order valence-electron chi connectivity index (χ3n) is 3.86. The Bertz CT molecular complexity index is 391. The lowest BCUT2D eigenvalue weighted by molar-refractivity contribution is 0.187. The normalized spacial score (nSPS) is 19.9. The van der Waals surface area contributed by atoms with Crippen molar-refractivity contribution in [2.45, 2.75) is 45.2 Å². The number of anilines is 1. The van der Waals surface area contributed by atoms with Crippen LogP contribution in [0.3, 0.4) is 0 Å². The number of nitrogens with two attached hydrogens (primary N) is 1. The summed E-state index contributed by atoms with van der Waals surface area (Å²) in [6.07, 6.45) is 6.80. The molecule has 2 N–H and O–H groups in total. The summed E-state index contributed by atoms with van der Waals surface area (Å²) in [5.41, 5.74) is 7.06. The molecule has 0 saturated carbocycles. The molecule has 1 fully saturated rings. The van der Waals surface area contributed by atoms with Crippen molar-refractivity contribution in [2.75, 3.05) is 31.7 Å². The van der Waals surface area contributed by atoms with E-state index in [1.807, 2.05) is 0 Å². The Balaban J connectivity index is 2.22. The average Bonchev–Trinajstić information content (AvgIpc) is 2.88. The summed E-state index contributed by atoms with van der Waals surface area (Å²) in [7, 11) is 1.74. The molecule has 1 unspecified atom stereocenters. The molecule has 1 atom stereocenters. The van der Waals surface area contributed by atoms with Crippen molar-refractivity contribution in [3.8, 4) is 0 Å². The van der Waals surface area contributed by atoms with E-state index in [1.54, 1.807) is 7.11 Å². The number of aryl methyl sites for hydroxylation is 1. The summed E-state index contributed by atoms with van der Waals surface area (Å²) >= 11 is 0. The largest absolute Gasteiger partial charge is 0.383 e. The predicted molar refractivity (Wildman–Crippen MR) is 77.5 cm³/mol. The minimum Gasteiger partial charge on any atom is -0.383 e. The summed E-state index contributed by atoms with van der Waals surface area (Å²) < 4.78 is 7.41. The zero-order valence-electron chi connectivity index (χ0n) is 12.1. The second-order valence-electron chi connectivity index (χ2n) is 5.15. The van der Waals surface area contributed by atoms with Gasteiger partial charge in [-0.15, -0.1) is 0 Å². The number of imidazole rings is 1. The van der Waals surface area contributed by atoms with Gasteiger partial charge in [0.05, 0.1) is 12.3 Å². The zero-order valence-corrected chi connectivity index (χ0v) is 12.1. The molecular formula is C14H26N4O. The van der Waals surface area contributed by atoms with E-state index < -0.39 is 0 Å². The number of methoxy groups -OCH3 is 1. The fourth-order valence-electron chi connectivity index (χ4n) is 2.72. The Hall–Kier alpha value is -1.07. The van der Waals surface area contributed by atoms with E-state index in [-0.39, 0.29) is 0 Å². The quantitative estimate of drug-likeness (QED) is 0.846. The van der Waals surface area contributed by atoms with Crippen molar-refractivity contribution < 1.29 is 4.74 Å². The Labute approximate surface area is 115 Å². The van der Waals surface area contributed by atoms with Gasteiger partial charge in [-0.25, -0.2) is 4.98 Å². The highest BCUT2D eigenvalue weighted by Crippen LogP contribution is 2.24. The number of piperidine rings is 1. The fourth-order valence-corrected chi connectivity index (χ4v) is 2.72. The van der Waals surface area contributed by atoms with Gasteiger partial charge in [-0.2, -0.15) is 0 Å². The van der Waals surface area contributed by atoms with Crippen molar-refractivity contribution in [3.05, 3.63) is 11.9 Å². The van der Waals surface area contributed by atoms with Crippen LogP contribution in [0.4, 0.5) is 5.95 Å². The van der Waals surface area contributed by atoms with Gasteiger partial charge in [-0.05, 0) is 25.7 Å². The number of ether oxygens (including phenoxy) is 1. The Morgan fingerprint density at radius 3 is 3.00 bits per heavy atom. The lowest BCUT2D eigenvalue weighted by Gasteiger charge is -2.36. The second-order valence-corrected chi connectivity index (χ2v) is 5.15. The van der Waals surface area contributed by atoms with Gasteiger partial charge in [0.2, 0.25) is 5.95 Å². The Morgan fingerprint density at radius 2 is 2.32 bits per heavy atom. The fraction of sp³-hybridized carbons (Fsp3) is 0.786. The molecule has 2 heterocycles. The third kappa shape index (κ3) is 3.28. The molecule has 1 saturated heterocycles. The van der Waals surface area contributed by atoms with Crippen LogP contribution in [0.5, 0.6) is 0 Å². The van der Waals surface area contributed by atoms with E-state index >= 15 is 0 Å². The van der Waals surface area contributed by atoms with Crippen LogP contribution in [0.25, 0.3) is 0 Å². The van der Waals surface area contributed by atoms with Crippen LogP contribution in [0, 0.1) is 0 Å². The monoisotopic (exact) mass is 266 g/mol. The summed E-state index contributed by atoms with van der Waals surface area (Å²) in [4.78, 5) is 7.17. The number of hydrogen-bond donors (Lipinski definition) is 1. The van der Waals surface area contributed by atoms with Crippen LogP contribution >= 0.6 is 0 Å². The molecule has 19 heavy (non-hydrogen) atoms. The highest BCUT2D eigenvalue weighted by molar-refractivity contribution is 5.36. The van der Waals surface area contributed by atoms with Crippen LogP contribution in [0.2, 0.25) is 0 Å². The van der Waals surface area contributed by atoms with Gasteiger partial charge in [-0.1, -0.05) is 6.92 Å². The van der Waals surface area contributed by atoms with Crippen molar-refractivity contribution in [1.29, 1.82) is 0 Å². The van der Waals surface area contributed by atoms with Gasteiger partial charge >= 0.3 is 0 Å². The molecule has 1 aliphatic heterocycles. The summed E-state index contributed by atoms with van der Waals surface area (Å²) in [5.74, 6) is 1.07. The summed E-state index contributed by atoms with van der Waals surface area (Å²) in [6.45, 7) is 5.48. The maximum atomic E-state index is 5.92. The molecular weight excluding hydrogens is 240 g/mol. The minimum atomic E-state index is 0.433. The highest BCUT2D eigenvalue weighted by Gasteiger charge is 2.25. The van der Waals surface area contributed by atoms with Gasteiger partial charge in [0.15, 0.2) is 0 Å². The van der Waals surface area contributed by atoms with Crippen LogP contribution in [-0.2, 0) is 17.7 Å². The minimum absolute atomic E-state index is 0.433. The molecule has 1 aliphatic rings. The third-order valence-corrected chi connectivity index (χ3v) is 3.86. The lowest BCUT2D eigenvalue weighted by Crippen LogP contribution is -2.45. The lowest BCUT2D eigenvalue weighted by atomic mass is 10.0. The van der Waals surface area contributed by atoms with Crippen molar-refractivity contribution >= 4 is 5.95 Å². The van der Waals surface area contributed by atoms with E-state index in [0.29, 0.717) is 19.2 Å². The zero-order chi connectivity index (χ0) is 13.7. The standard InChI is InChI=1S/C14H26N4O/c1-3-12-11-17(8-9-19-2)14(16-12)18-7-5-4-6-13(18)10-15/h11,13H,3-10,15H2,1-2H3. The molecule has 5 nitrogen and oxygen atoms in total. The van der Waals surface area contributed by atoms with Gasteiger partial charge in [-0.3, -0.25) is 0 Å². The maximum absolute atomic E-state index is 5.92. The van der Waals surface area contributed by atoms with E-state index in [4.69, 9.17) is 15.5 Å². The van der Waals surface area contributed by atoms with Crippen molar-refractivity contribution in [1.82, 2.24) is 9.55 Å². The van der Waals surface area contributed by atoms with Crippen LogP contribution < -0.4 is 10.6 Å². The van der Waals surface area contributed by atoms with E-state index in [2.05, 4.69) is 22.6 Å². The maximum Gasteiger partial charge on any atom is 0.206 e. The first-order chi connectivity index (χ1) is 9.30. The van der Waals surface area contributed by atoms with Gasteiger partial charge in [0, 0.05) is 39.0 Å². The molecule has 5 heteroatoms. The first kappa shape index (κ1) is 14.3. The molecule has 0 spiro atoms. The molecule has 1 aromatic rings. The van der Waals surface area contributed by atoms with Gasteiger partial charge < -0.3 is 19.9 Å². The number of aromatic nitrogens is 2. The molecule has 1 aromatic heterocycles. The van der Waals surface area contributed by atoms with Gasteiger partial charge in [0.1, 0.15) is 0 Å². The number of rotatable bonds is 6. The first-order valence-electron chi connectivity index (χ1n) is 7.31. The van der Waals surface area contributed by atoms with Crippen LogP contribution in [-0.4, -0.2) is 42.4 Å². The van der Waals surface area contributed by atoms with Crippen LogP contribution in [0.1, 0.15) is 31.9 Å². The summed E-state index contributed by atoms with van der Waals surface area (Å²) in [5, 5.41) is 0. The van der Waals surface area contributed by atoms with Crippen LogP contribution in [0.15, 0.2) is 6.20 Å². The number of hydrogen-bond acceptors (Lipinski definition) is 4. The molecule has 0 bridgehead atoms. The summed E-state index contributed by atoms with van der Waals surface area (Å²) in [6, 6.07) is 0.433. The SMILES string of the molecule is CCc1cn(CCOC)c(N2CCCCC2CN)n1. The van der Waals surface area contributed by atoms with E-state index in [1.165, 1.54) is 19.3 Å². The topological polar surface area (TPSA) is 56.3 Å². The molecule has 2 rings (SSSR count). The molecule has 0 amide bonds. The molecule has 0 aliphatic carbocycles. The number of nitrogens with zero attached hydrogens (tertiary/aromatic N) is 3. The first-order valence-corrected chi connectivity index (χ1v) is 7.31. The second kappa shape index (κ2) is 6.91. The van der Waals surface area contributed by atoms with E-state index in [9.17, 15) is 0 Å². The average molecular weight is 266 g/mol. The van der Waals surface area contributed by atoms with Gasteiger partial charge in [0.25, 0.3) is 0 Å². The van der Waals surface area contributed by atoms with Crippen molar-refractivity contribution in [3.63, 3.8) is 0 Å². The van der Waals surface area contributed by atoms with Crippen molar-refractivity contribution in [2.24, 2.45) is 5.73 Å². The molecule has 108 valence electrons. The predicted octanol–water partition coefficient (Wildman–Crippen LogP) is 1.41. The smallest absolute Gasteiger partial charge is 0.206 e.